The molecule has 1 aromatic heterocycles. The summed E-state index contributed by atoms with van der Waals surface area (Å²) >= 11 is 3.77. The van der Waals surface area contributed by atoms with Gasteiger partial charge >= 0.3 is 5.97 Å². The van der Waals surface area contributed by atoms with Crippen molar-refractivity contribution >= 4 is 33.7 Å². The second-order valence-electron chi connectivity index (χ2n) is 13.4. The SMILES string of the molecule is COc1ccc(COC(=O)[C@H]2CCCC[C@H]2C(=O)N2CCc3c(Br)ccc(OCc4ncnn4C)c3[C@H]2CN2Cc3ccccc3C2=O)c(OC)c1. The Hall–Kier alpha value is -4.91. The lowest BCUT2D eigenvalue weighted by Crippen LogP contribution is -2.50. The van der Waals surface area contributed by atoms with Crippen LogP contribution in [0.2, 0.25) is 0 Å². The first-order valence-electron chi connectivity index (χ1n) is 17.6. The Morgan fingerprint density at radius 3 is 2.52 bits per heavy atom. The quantitative estimate of drug-likeness (QED) is 0.174. The minimum absolute atomic E-state index is 0.0149. The zero-order valence-electron chi connectivity index (χ0n) is 29.5. The molecule has 0 bridgehead atoms. The van der Waals surface area contributed by atoms with Gasteiger partial charge in [-0.05, 0) is 60.7 Å². The zero-order valence-corrected chi connectivity index (χ0v) is 31.1. The average molecular weight is 773 g/mol. The molecule has 13 heteroatoms. The molecule has 2 amide bonds. The van der Waals surface area contributed by atoms with Crippen molar-refractivity contribution in [1.29, 1.82) is 0 Å². The van der Waals surface area contributed by atoms with E-state index in [1.807, 2.05) is 59.3 Å². The van der Waals surface area contributed by atoms with Crippen LogP contribution in [0, 0.1) is 11.8 Å². The molecule has 0 spiro atoms. The smallest absolute Gasteiger partial charge is 0.310 e. The van der Waals surface area contributed by atoms with Crippen molar-refractivity contribution in [3.63, 3.8) is 0 Å². The Labute approximate surface area is 311 Å². The van der Waals surface area contributed by atoms with Crippen molar-refractivity contribution in [2.24, 2.45) is 18.9 Å². The fourth-order valence-electron chi connectivity index (χ4n) is 7.77. The molecule has 0 saturated heterocycles. The molecule has 7 rings (SSSR count). The Bertz CT molecular complexity index is 1980. The summed E-state index contributed by atoms with van der Waals surface area (Å²) in [5, 5.41) is 4.17. The van der Waals surface area contributed by atoms with Crippen molar-refractivity contribution in [1.82, 2.24) is 24.6 Å². The molecule has 0 radical (unpaired) electrons. The van der Waals surface area contributed by atoms with Gasteiger partial charge in [0.25, 0.3) is 5.91 Å². The summed E-state index contributed by atoms with van der Waals surface area (Å²) in [6, 6.07) is 16.3. The third-order valence-electron chi connectivity index (χ3n) is 10.6. The van der Waals surface area contributed by atoms with Crippen LogP contribution in [-0.2, 0) is 47.6 Å². The van der Waals surface area contributed by atoms with E-state index in [0.717, 1.165) is 34.0 Å². The van der Waals surface area contributed by atoms with Crippen LogP contribution in [0.4, 0.5) is 0 Å². The molecular formula is C39H42BrN5O7. The number of methoxy groups -OCH3 is 2. The number of rotatable bonds is 11. The molecule has 2 aliphatic heterocycles. The first-order valence-corrected chi connectivity index (χ1v) is 18.4. The van der Waals surface area contributed by atoms with Gasteiger partial charge in [0.2, 0.25) is 5.91 Å². The molecular weight excluding hydrogens is 730 g/mol. The van der Waals surface area contributed by atoms with E-state index in [1.165, 1.54) is 6.33 Å². The van der Waals surface area contributed by atoms with Crippen LogP contribution in [0.25, 0.3) is 0 Å². The van der Waals surface area contributed by atoms with Gasteiger partial charge < -0.3 is 28.7 Å². The molecule has 3 atom stereocenters. The summed E-state index contributed by atoms with van der Waals surface area (Å²) in [5.74, 6) is 0.715. The number of aromatic nitrogens is 3. The minimum atomic E-state index is -0.598. The highest BCUT2D eigenvalue weighted by Crippen LogP contribution is 2.44. The second kappa shape index (κ2) is 15.4. The molecule has 3 aromatic carbocycles. The van der Waals surface area contributed by atoms with Crippen LogP contribution in [0.3, 0.4) is 0 Å². The number of benzene rings is 3. The second-order valence-corrected chi connectivity index (χ2v) is 14.3. The number of amides is 2. The largest absolute Gasteiger partial charge is 0.497 e. The first kappa shape index (κ1) is 35.5. The van der Waals surface area contributed by atoms with Gasteiger partial charge in [0.15, 0.2) is 5.82 Å². The Morgan fingerprint density at radius 1 is 0.962 bits per heavy atom. The molecule has 1 saturated carbocycles. The summed E-state index contributed by atoms with van der Waals surface area (Å²) in [5.41, 5.74) is 4.22. The van der Waals surface area contributed by atoms with Crippen molar-refractivity contribution in [3.8, 4) is 17.2 Å². The van der Waals surface area contributed by atoms with E-state index in [0.29, 0.717) is 66.6 Å². The Morgan fingerprint density at radius 2 is 1.77 bits per heavy atom. The predicted octanol–water partition coefficient (Wildman–Crippen LogP) is 5.81. The number of ether oxygens (including phenoxy) is 4. The van der Waals surface area contributed by atoms with Crippen molar-refractivity contribution in [2.75, 3.05) is 27.3 Å². The van der Waals surface area contributed by atoms with Crippen molar-refractivity contribution in [3.05, 3.63) is 99.0 Å². The first-order chi connectivity index (χ1) is 25.3. The molecule has 0 unspecified atom stereocenters. The zero-order chi connectivity index (χ0) is 36.4. The number of fused-ring (bicyclic) bond motifs is 2. The summed E-state index contributed by atoms with van der Waals surface area (Å²) in [6.07, 6.45) is 4.85. The van der Waals surface area contributed by atoms with Gasteiger partial charge in [0.1, 0.15) is 36.8 Å². The normalized spacial score (nSPS) is 19.5. The van der Waals surface area contributed by atoms with Crippen molar-refractivity contribution in [2.45, 2.75) is 57.9 Å². The average Bonchev–Trinajstić information content (AvgIpc) is 3.74. The number of hydrogen-bond acceptors (Lipinski definition) is 9. The number of nitrogens with zero attached hydrogens (tertiary/aromatic N) is 5. The molecule has 3 aliphatic rings. The lowest BCUT2D eigenvalue weighted by molar-refractivity contribution is -0.159. The number of halogens is 1. The van der Waals surface area contributed by atoms with Crippen molar-refractivity contribution < 1.29 is 33.3 Å². The molecule has 0 N–H and O–H groups in total. The van der Waals surface area contributed by atoms with E-state index in [1.54, 1.807) is 31.0 Å². The van der Waals surface area contributed by atoms with E-state index in [4.69, 9.17) is 18.9 Å². The lowest BCUT2D eigenvalue weighted by atomic mass is 9.77. The predicted molar refractivity (Wildman–Crippen MR) is 194 cm³/mol. The maximum atomic E-state index is 14.9. The van der Waals surface area contributed by atoms with Crippen LogP contribution in [-0.4, -0.2) is 69.7 Å². The number of aryl methyl sites for hydroxylation is 1. The molecule has 4 aromatic rings. The monoisotopic (exact) mass is 771 g/mol. The van der Waals surface area contributed by atoms with E-state index < -0.39 is 23.8 Å². The van der Waals surface area contributed by atoms with Crippen LogP contribution in [0.5, 0.6) is 17.2 Å². The van der Waals surface area contributed by atoms with Gasteiger partial charge in [-0.25, -0.2) is 4.98 Å². The lowest BCUT2D eigenvalue weighted by Gasteiger charge is -2.43. The highest BCUT2D eigenvalue weighted by molar-refractivity contribution is 9.10. The summed E-state index contributed by atoms with van der Waals surface area (Å²) in [6.45, 7) is 1.33. The molecule has 1 aliphatic carbocycles. The van der Waals surface area contributed by atoms with Gasteiger partial charge in [0, 0.05) is 53.9 Å². The molecule has 52 heavy (non-hydrogen) atoms. The highest BCUT2D eigenvalue weighted by Gasteiger charge is 2.44. The van der Waals surface area contributed by atoms with Crippen LogP contribution in [0.1, 0.15) is 70.2 Å². The van der Waals surface area contributed by atoms with Gasteiger partial charge in [-0.3, -0.25) is 19.1 Å². The fraction of sp³-hybridized carbons (Fsp3) is 0.410. The standard InChI is InChI=1S/C39H42BrN5O7/c1-43-35(41-23-42-43)22-51-33-15-14-31(40)30-16-17-45(32(36(30)33)20-44-19-24-8-4-5-9-27(24)37(44)46)38(47)28-10-6-7-11-29(28)39(48)52-21-25-12-13-26(49-2)18-34(25)50-3/h4-5,8-9,12-15,18,23,28-29,32H,6-7,10-11,16-17,19-22H2,1-3H3/t28-,29+,32-/m1/s1. The molecule has 272 valence electrons. The van der Waals surface area contributed by atoms with E-state index >= 15 is 0 Å². The van der Waals surface area contributed by atoms with Crippen LogP contribution < -0.4 is 14.2 Å². The third kappa shape index (κ3) is 6.98. The van der Waals surface area contributed by atoms with E-state index in [-0.39, 0.29) is 31.6 Å². The van der Waals surface area contributed by atoms with Gasteiger partial charge in [0.05, 0.1) is 32.1 Å². The maximum Gasteiger partial charge on any atom is 0.310 e. The number of carbonyl (C=O) groups excluding carboxylic acids is 3. The summed E-state index contributed by atoms with van der Waals surface area (Å²) in [4.78, 5) is 50.4. The molecule has 3 heterocycles. The van der Waals surface area contributed by atoms with Gasteiger partial charge in [-0.15, -0.1) is 0 Å². The fourth-order valence-corrected chi connectivity index (χ4v) is 8.32. The van der Waals surface area contributed by atoms with E-state index in [2.05, 4.69) is 26.0 Å². The number of hydrogen-bond donors (Lipinski definition) is 0. The van der Waals surface area contributed by atoms with Gasteiger partial charge in [-0.1, -0.05) is 47.0 Å². The summed E-state index contributed by atoms with van der Waals surface area (Å²) in [7, 11) is 4.94. The Kier molecular flexibility index (Phi) is 10.5. The van der Waals surface area contributed by atoms with Crippen LogP contribution in [0.15, 0.2) is 65.4 Å². The molecule has 1 fully saturated rings. The molecule has 12 nitrogen and oxygen atoms in total. The van der Waals surface area contributed by atoms with Crippen LogP contribution >= 0.6 is 15.9 Å². The maximum absolute atomic E-state index is 14.9. The number of carbonyl (C=O) groups is 3. The third-order valence-corrected chi connectivity index (χ3v) is 11.3. The van der Waals surface area contributed by atoms with Gasteiger partial charge in [-0.2, -0.15) is 5.10 Å². The minimum Gasteiger partial charge on any atom is -0.497 e. The van der Waals surface area contributed by atoms with E-state index in [9.17, 15) is 14.4 Å². The highest BCUT2D eigenvalue weighted by atomic mass is 79.9. The number of esters is 1. The Balaban J connectivity index is 1.18. The summed E-state index contributed by atoms with van der Waals surface area (Å²) < 4.78 is 25.7. The topological polar surface area (TPSA) is 125 Å².